The molecule has 5 nitrogen and oxygen atoms in total. The van der Waals surface area contributed by atoms with E-state index in [1.165, 1.54) is 5.56 Å². The average molecular weight is 263 g/mol. The van der Waals surface area contributed by atoms with Crippen LogP contribution in [-0.4, -0.2) is 16.0 Å². The Morgan fingerprint density at radius 2 is 2.17 bits per heavy atom. The summed E-state index contributed by atoms with van der Waals surface area (Å²) in [6.45, 7) is 3.97. The van der Waals surface area contributed by atoms with E-state index in [9.17, 15) is 0 Å². The molecule has 2 heterocycles. The molecule has 0 aliphatic carbocycles. The van der Waals surface area contributed by atoms with Gasteiger partial charge in [-0.1, -0.05) is 0 Å². The van der Waals surface area contributed by atoms with E-state index in [1.54, 1.807) is 17.4 Å². The van der Waals surface area contributed by atoms with Gasteiger partial charge in [0.15, 0.2) is 0 Å². The molecule has 0 aliphatic heterocycles. The Morgan fingerprint density at radius 3 is 2.83 bits per heavy atom. The first-order valence-electron chi connectivity index (χ1n) is 5.77. The molecule has 4 N–H and O–H groups in total. The van der Waals surface area contributed by atoms with Crippen molar-refractivity contribution < 1.29 is 0 Å². The molecule has 0 saturated heterocycles. The number of hydrogen-bond donors (Lipinski definition) is 3. The Morgan fingerprint density at radius 1 is 1.39 bits per heavy atom. The lowest BCUT2D eigenvalue weighted by Gasteiger charge is -2.14. The summed E-state index contributed by atoms with van der Waals surface area (Å²) in [5.74, 6) is 7.46. The molecule has 0 fully saturated rings. The van der Waals surface area contributed by atoms with Crippen molar-refractivity contribution in [3.8, 4) is 0 Å². The van der Waals surface area contributed by atoms with Crippen LogP contribution in [0.4, 0.5) is 11.6 Å². The number of rotatable bonds is 5. The molecule has 18 heavy (non-hydrogen) atoms. The summed E-state index contributed by atoms with van der Waals surface area (Å²) >= 11 is 1.72. The lowest BCUT2D eigenvalue weighted by atomic mass is 10.1. The topological polar surface area (TPSA) is 75.9 Å². The van der Waals surface area contributed by atoms with Crippen molar-refractivity contribution in [2.45, 2.75) is 26.3 Å². The summed E-state index contributed by atoms with van der Waals surface area (Å²) in [7, 11) is 0. The maximum Gasteiger partial charge on any atom is 0.145 e. The fraction of sp³-hybridized carbons (Fsp3) is 0.333. The Hall–Kier alpha value is -1.66. The zero-order chi connectivity index (χ0) is 13.0. The van der Waals surface area contributed by atoms with Gasteiger partial charge in [0.05, 0.1) is 0 Å². The summed E-state index contributed by atoms with van der Waals surface area (Å²) < 4.78 is 0. The van der Waals surface area contributed by atoms with Crippen molar-refractivity contribution >= 4 is 23.0 Å². The van der Waals surface area contributed by atoms with E-state index in [4.69, 9.17) is 5.84 Å². The van der Waals surface area contributed by atoms with E-state index < -0.39 is 0 Å². The van der Waals surface area contributed by atoms with E-state index in [1.807, 2.05) is 6.92 Å². The quantitative estimate of drug-likeness (QED) is 0.569. The molecule has 0 spiro atoms. The van der Waals surface area contributed by atoms with Gasteiger partial charge in [-0.25, -0.2) is 15.8 Å². The number of thiophene rings is 1. The van der Waals surface area contributed by atoms with E-state index in [-0.39, 0.29) is 0 Å². The van der Waals surface area contributed by atoms with Gasteiger partial charge in [0.25, 0.3) is 0 Å². The van der Waals surface area contributed by atoms with Crippen LogP contribution < -0.4 is 16.6 Å². The van der Waals surface area contributed by atoms with Crippen molar-refractivity contribution in [1.82, 2.24) is 9.97 Å². The zero-order valence-electron chi connectivity index (χ0n) is 10.5. The van der Waals surface area contributed by atoms with Gasteiger partial charge in [0, 0.05) is 12.1 Å². The summed E-state index contributed by atoms with van der Waals surface area (Å²) in [4.78, 5) is 8.49. The van der Waals surface area contributed by atoms with Crippen molar-refractivity contribution in [3.05, 3.63) is 34.3 Å². The van der Waals surface area contributed by atoms with Gasteiger partial charge in [-0.3, -0.25) is 0 Å². The summed E-state index contributed by atoms with van der Waals surface area (Å²) in [6.07, 6.45) is 0.970. The maximum absolute atomic E-state index is 5.36. The molecule has 1 atom stereocenters. The molecule has 6 heteroatoms. The Kier molecular flexibility index (Phi) is 4.11. The largest absolute Gasteiger partial charge is 0.367 e. The lowest BCUT2D eigenvalue weighted by molar-refractivity contribution is 0.784. The fourth-order valence-electron chi connectivity index (χ4n) is 1.78. The van der Waals surface area contributed by atoms with Gasteiger partial charge < -0.3 is 10.7 Å². The van der Waals surface area contributed by atoms with E-state index >= 15 is 0 Å². The molecule has 0 amide bonds. The molecule has 2 aromatic heterocycles. The van der Waals surface area contributed by atoms with Gasteiger partial charge in [-0.05, 0) is 42.7 Å². The summed E-state index contributed by atoms with van der Waals surface area (Å²) in [6, 6.07) is 4.25. The minimum atomic E-state index is 0.305. The highest BCUT2D eigenvalue weighted by molar-refractivity contribution is 7.07. The van der Waals surface area contributed by atoms with Crippen molar-refractivity contribution in [2.75, 3.05) is 10.7 Å². The van der Waals surface area contributed by atoms with Crippen LogP contribution in [0, 0.1) is 6.92 Å². The monoisotopic (exact) mass is 263 g/mol. The highest BCUT2D eigenvalue weighted by Crippen LogP contribution is 2.14. The molecule has 0 bridgehead atoms. The van der Waals surface area contributed by atoms with Crippen LogP contribution in [0.5, 0.6) is 0 Å². The number of aromatic nitrogens is 2. The highest BCUT2D eigenvalue weighted by Gasteiger charge is 2.06. The minimum absolute atomic E-state index is 0.305. The molecule has 1 unspecified atom stereocenters. The lowest BCUT2D eigenvalue weighted by Crippen LogP contribution is -2.19. The Labute approximate surface area is 110 Å². The minimum Gasteiger partial charge on any atom is -0.367 e. The summed E-state index contributed by atoms with van der Waals surface area (Å²) in [5, 5.41) is 7.61. The average Bonchev–Trinajstić information content (AvgIpc) is 2.80. The van der Waals surface area contributed by atoms with Crippen LogP contribution in [0.2, 0.25) is 0 Å². The normalized spacial score (nSPS) is 12.2. The van der Waals surface area contributed by atoms with E-state index in [0.717, 1.165) is 12.2 Å². The summed E-state index contributed by atoms with van der Waals surface area (Å²) in [5.41, 5.74) is 3.87. The van der Waals surface area contributed by atoms with E-state index in [0.29, 0.717) is 17.7 Å². The third-order valence-electron chi connectivity index (χ3n) is 2.50. The Balaban J connectivity index is 2.02. The third-order valence-corrected chi connectivity index (χ3v) is 3.23. The smallest absolute Gasteiger partial charge is 0.145 e. The molecule has 0 saturated carbocycles. The number of nitrogens with zero attached hydrogens (tertiary/aromatic N) is 2. The number of hydrogen-bond acceptors (Lipinski definition) is 6. The van der Waals surface area contributed by atoms with Gasteiger partial charge in [0.2, 0.25) is 0 Å². The van der Waals surface area contributed by atoms with Crippen molar-refractivity contribution in [1.29, 1.82) is 0 Å². The maximum atomic E-state index is 5.36. The van der Waals surface area contributed by atoms with Crippen LogP contribution in [0.15, 0.2) is 22.9 Å². The predicted molar refractivity (Wildman–Crippen MR) is 75.7 cm³/mol. The van der Waals surface area contributed by atoms with Gasteiger partial charge >= 0.3 is 0 Å². The molecule has 0 aromatic carbocycles. The first kappa shape index (κ1) is 12.8. The van der Waals surface area contributed by atoms with Gasteiger partial charge in [0.1, 0.15) is 17.5 Å². The standard InChI is InChI=1S/C12H17N5S/c1-8(5-10-3-4-18-7-10)14-11-6-12(17-13)16-9(2)15-11/h3-4,6-8H,5,13H2,1-2H3,(H2,14,15,16,17). The number of aryl methyl sites for hydroxylation is 1. The zero-order valence-corrected chi connectivity index (χ0v) is 11.3. The van der Waals surface area contributed by atoms with Crippen LogP contribution >= 0.6 is 11.3 Å². The Bertz CT molecular complexity index is 497. The number of nitrogens with one attached hydrogen (secondary N) is 2. The van der Waals surface area contributed by atoms with Crippen molar-refractivity contribution in [3.63, 3.8) is 0 Å². The third kappa shape index (κ3) is 3.41. The van der Waals surface area contributed by atoms with Crippen LogP contribution in [0.25, 0.3) is 0 Å². The second kappa shape index (κ2) is 5.79. The fourth-order valence-corrected chi connectivity index (χ4v) is 2.46. The molecular formula is C12H17N5S. The second-order valence-electron chi connectivity index (χ2n) is 4.21. The molecular weight excluding hydrogens is 246 g/mol. The molecule has 0 aliphatic rings. The highest BCUT2D eigenvalue weighted by atomic mass is 32.1. The second-order valence-corrected chi connectivity index (χ2v) is 4.99. The van der Waals surface area contributed by atoms with Crippen molar-refractivity contribution in [2.24, 2.45) is 5.84 Å². The number of nitrogen functional groups attached to an aromatic ring is 1. The number of hydrazine groups is 1. The van der Waals surface area contributed by atoms with Gasteiger partial charge in [-0.15, -0.1) is 0 Å². The van der Waals surface area contributed by atoms with Gasteiger partial charge in [-0.2, -0.15) is 11.3 Å². The first-order chi connectivity index (χ1) is 8.67. The molecule has 2 rings (SSSR count). The molecule has 0 radical (unpaired) electrons. The van der Waals surface area contributed by atoms with Crippen LogP contribution in [0.3, 0.4) is 0 Å². The van der Waals surface area contributed by atoms with Crippen LogP contribution in [-0.2, 0) is 6.42 Å². The first-order valence-corrected chi connectivity index (χ1v) is 6.71. The number of anilines is 2. The SMILES string of the molecule is Cc1nc(NN)cc(NC(C)Cc2ccsc2)n1. The number of nitrogens with two attached hydrogens (primary N) is 1. The van der Waals surface area contributed by atoms with E-state index in [2.05, 4.69) is 44.5 Å². The molecule has 2 aromatic rings. The predicted octanol–water partition coefficient (Wildman–Crippen LogP) is 2.18. The van der Waals surface area contributed by atoms with Crippen LogP contribution in [0.1, 0.15) is 18.3 Å². The molecule has 96 valence electrons.